The summed E-state index contributed by atoms with van der Waals surface area (Å²) in [4.78, 5) is 0. The van der Waals surface area contributed by atoms with Gasteiger partial charge in [-0.2, -0.15) is 0 Å². The first kappa shape index (κ1) is 6.85. The Morgan fingerprint density at radius 1 is 2.00 bits per heavy atom. The van der Waals surface area contributed by atoms with E-state index >= 15 is 0 Å². The quantitative estimate of drug-likeness (QED) is 0.511. The SMILES string of the molecule is CCC(O)C=S=O. The maximum absolute atomic E-state index is 9.60. The van der Waals surface area contributed by atoms with Crippen LogP contribution in [0.2, 0.25) is 0 Å². The van der Waals surface area contributed by atoms with Crippen molar-refractivity contribution in [1.82, 2.24) is 0 Å². The molecule has 2 nitrogen and oxygen atoms in total. The van der Waals surface area contributed by atoms with Crippen LogP contribution in [0.3, 0.4) is 0 Å². The zero-order chi connectivity index (χ0) is 5.70. The van der Waals surface area contributed by atoms with Crippen LogP contribution in [-0.4, -0.2) is 20.8 Å². The molecule has 0 fully saturated rings. The zero-order valence-corrected chi connectivity index (χ0v) is 4.94. The molecule has 1 unspecified atom stereocenters. The van der Waals surface area contributed by atoms with Gasteiger partial charge in [0.1, 0.15) is 0 Å². The average Bonchev–Trinajstić information content (AvgIpc) is 1.68. The number of aliphatic hydroxyl groups excluding tert-OH is 1. The molecule has 0 saturated carbocycles. The van der Waals surface area contributed by atoms with Crippen molar-refractivity contribution in [3.05, 3.63) is 0 Å². The van der Waals surface area contributed by atoms with Crippen LogP contribution < -0.4 is 0 Å². The highest BCUT2D eigenvalue weighted by atomic mass is 32.1. The lowest BCUT2D eigenvalue weighted by Crippen LogP contribution is -2.04. The van der Waals surface area contributed by atoms with Gasteiger partial charge in [0.15, 0.2) is 0 Å². The molecule has 42 valence electrons. The molecule has 0 amide bonds. The molecule has 0 heterocycles. The van der Waals surface area contributed by atoms with Gasteiger partial charge in [0.25, 0.3) is 0 Å². The van der Waals surface area contributed by atoms with Gasteiger partial charge in [0.2, 0.25) is 0 Å². The molecule has 0 aromatic rings. The molecule has 0 radical (unpaired) electrons. The highest BCUT2D eigenvalue weighted by molar-refractivity contribution is 7.64. The third-order valence-electron chi connectivity index (χ3n) is 0.631. The highest BCUT2D eigenvalue weighted by Gasteiger charge is 1.89. The van der Waals surface area contributed by atoms with Crippen molar-refractivity contribution in [1.29, 1.82) is 0 Å². The average molecular weight is 120 g/mol. The first-order valence-electron chi connectivity index (χ1n) is 2.11. The van der Waals surface area contributed by atoms with Gasteiger partial charge in [0, 0.05) is 5.37 Å². The molecule has 0 aliphatic carbocycles. The molecular formula is C4H8O2S. The first-order chi connectivity index (χ1) is 3.31. The minimum atomic E-state index is -0.525. The van der Waals surface area contributed by atoms with Crippen LogP contribution in [0.15, 0.2) is 0 Å². The maximum atomic E-state index is 9.60. The summed E-state index contributed by atoms with van der Waals surface area (Å²) in [6.07, 6.45) is 0.0948. The van der Waals surface area contributed by atoms with Gasteiger partial charge in [-0.25, -0.2) is 4.21 Å². The molecule has 0 aliphatic heterocycles. The van der Waals surface area contributed by atoms with Crippen LogP contribution in [-0.2, 0) is 11.3 Å². The highest BCUT2D eigenvalue weighted by Crippen LogP contribution is 1.80. The summed E-state index contributed by atoms with van der Waals surface area (Å²) in [6.45, 7) is 1.82. The Bertz CT molecular complexity index is 85.7. The molecule has 0 aromatic heterocycles. The van der Waals surface area contributed by atoms with E-state index in [1.54, 1.807) is 0 Å². The van der Waals surface area contributed by atoms with E-state index in [9.17, 15) is 4.21 Å². The molecule has 0 spiro atoms. The standard InChI is InChI=1S/C4H8O2S/c1-2-4(5)3-7-6/h3-5H,2H2,1H3. The summed E-state index contributed by atoms with van der Waals surface area (Å²) in [5.41, 5.74) is 0. The van der Waals surface area contributed by atoms with Gasteiger partial charge < -0.3 is 5.11 Å². The number of hydrogen-bond donors (Lipinski definition) is 1. The number of aliphatic hydroxyl groups is 1. The molecule has 0 aliphatic rings. The van der Waals surface area contributed by atoms with Crippen molar-refractivity contribution in [3.63, 3.8) is 0 Å². The van der Waals surface area contributed by atoms with Gasteiger partial charge in [-0.1, -0.05) is 6.92 Å². The van der Waals surface area contributed by atoms with Gasteiger partial charge in [-0.3, -0.25) is 0 Å². The van der Waals surface area contributed by atoms with Gasteiger partial charge in [-0.05, 0) is 6.42 Å². The number of hydrogen-bond acceptors (Lipinski definition) is 2. The van der Waals surface area contributed by atoms with E-state index in [2.05, 4.69) is 0 Å². The minimum Gasteiger partial charge on any atom is -0.388 e. The van der Waals surface area contributed by atoms with Crippen LogP contribution in [0.4, 0.5) is 0 Å². The van der Waals surface area contributed by atoms with Crippen LogP contribution in [0, 0.1) is 0 Å². The van der Waals surface area contributed by atoms with E-state index in [0.29, 0.717) is 17.7 Å². The Morgan fingerprint density at radius 2 is 2.57 bits per heavy atom. The maximum Gasteiger partial charge on any atom is 0.0868 e. The monoisotopic (exact) mass is 120 g/mol. The van der Waals surface area contributed by atoms with Gasteiger partial charge >= 0.3 is 0 Å². The summed E-state index contributed by atoms with van der Waals surface area (Å²) in [7, 11) is 0. The van der Waals surface area contributed by atoms with E-state index in [-0.39, 0.29) is 0 Å². The lowest BCUT2D eigenvalue weighted by atomic mass is 10.3. The van der Waals surface area contributed by atoms with Crippen LogP contribution in [0.5, 0.6) is 0 Å². The Labute approximate surface area is 46.2 Å². The topological polar surface area (TPSA) is 37.3 Å². The third kappa shape index (κ3) is 3.69. The van der Waals surface area contributed by atoms with Crippen LogP contribution in [0.1, 0.15) is 13.3 Å². The second-order valence-electron chi connectivity index (χ2n) is 1.21. The molecule has 0 aromatic carbocycles. The van der Waals surface area contributed by atoms with E-state index in [0.717, 1.165) is 0 Å². The summed E-state index contributed by atoms with van der Waals surface area (Å²) in [5.74, 6) is 0. The molecule has 3 heteroatoms. The molecule has 1 N–H and O–H groups in total. The molecular weight excluding hydrogens is 112 g/mol. The summed E-state index contributed by atoms with van der Waals surface area (Å²) >= 11 is 0.309. The van der Waals surface area contributed by atoms with Crippen molar-refractivity contribution in [3.8, 4) is 0 Å². The summed E-state index contributed by atoms with van der Waals surface area (Å²) in [6, 6.07) is 0. The third-order valence-corrected chi connectivity index (χ3v) is 1.06. The normalized spacial score (nSPS) is 12.9. The Kier molecular flexibility index (Phi) is 3.93. The van der Waals surface area contributed by atoms with E-state index in [1.165, 1.54) is 5.37 Å². The van der Waals surface area contributed by atoms with Crippen molar-refractivity contribution >= 4 is 16.6 Å². The van der Waals surface area contributed by atoms with Crippen molar-refractivity contribution in [2.24, 2.45) is 0 Å². The van der Waals surface area contributed by atoms with Gasteiger partial charge in [-0.15, -0.1) is 0 Å². The van der Waals surface area contributed by atoms with Crippen molar-refractivity contribution in [2.45, 2.75) is 19.4 Å². The lowest BCUT2D eigenvalue weighted by Gasteiger charge is -1.91. The Morgan fingerprint density at radius 3 is 2.71 bits per heavy atom. The Hall–Kier alpha value is -0.150. The fraction of sp³-hybridized carbons (Fsp3) is 0.750. The van der Waals surface area contributed by atoms with E-state index < -0.39 is 6.10 Å². The summed E-state index contributed by atoms with van der Waals surface area (Å²) < 4.78 is 9.60. The molecule has 0 saturated heterocycles. The molecule has 7 heavy (non-hydrogen) atoms. The molecule has 0 bridgehead atoms. The van der Waals surface area contributed by atoms with Crippen LogP contribution in [0.25, 0.3) is 0 Å². The van der Waals surface area contributed by atoms with E-state index in [4.69, 9.17) is 5.11 Å². The minimum absolute atomic E-state index is 0.309. The predicted molar refractivity (Wildman–Crippen MR) is 30.5 cm³/mol. The van der Waals surface area contributed by atoms with Crippen LogP contribution >= 0.6 is 0 Å². The molecule has 1 atom stereocenters. The zero-order valence-electron chi connectivity index (χ0n) is 4.13. The van der Waals surface area contributed by atoms with E-state index in [1.807, 2.05) is 6.92 Å². The second-order valence-corrected chi connectivity index (χ2v) is 1.67. The Balaban J connectivity index is 3.35. The van der Waals surface area contributed by atoms with Gasteiger partial charge in [0.05, 0.1) is 17.4 Å². The fourth-order valence-corrected chi connectivity index (χ4v) is 0.481. The fourth-order valence-electron chi connectivity index (χ4n) is 0.160. The van der Waals surface area contributed by atoms with Crippen molar-refractivity contribution in [2.75, 3.05) is 0 Å². The lowest BCUT2D eigenvalue weighted by molar-refractivity contribution is 0.244. The molecule has 0 rings (SSSR count). The predicted octanol–water partition coefficient (Wildman–Crippen LogP) is -0.227. The first-order valence-corrected chi connectivity index (χ1v) is 2.91. The largest absolute Gasteiger partial charge is 0.388 e. The second kappa shape index (κ2) is 4.02. The number of rotatable bonds is 2. The smallest absolute Gasteiger partial charge is 0.0868 e. The summed E-state index contributed by atoms with van der Waals surface area (Å²) in [5, 5.41) is 9.85. The van der Waals surface area contributed by atoms with Crippen molar-refractivity contribution < 1.29 is 9.32 Å².